The van der Waals surface area contributed by atoms with Crippen LogP contribution in [0.25, 0.3) is 0 Å². The van der Waals surface area contributed by atoms with Gasteiger partial charge in [0.05, 0.1) is 5.69 Å². The van der Waals surface area contributed by atoms with E-state index < -0.39 is 0 Å². The second-order valence-corrected chi connectivity index (χ2v) is 4.11. The molecule has 0 amide bonds. The van der Waals surface area contributed by atoms with Gasteiger partial charge in [-0.3, -0.25) is 4.68 Å². The van der Waals surface area contributed by atoms with Crippen molar-refractivity contribution in [3.63, 3.8) is 0 Å². The van der Waals surface area contributed by atoms with E-state index in [0.29, 0.717) is 0 Å². The van der Waals surface area contributed by atoms with Crippen molar-refractivity contribution in [3.8, 4) is 0 Å². The van der Waals surface area contributed by atoms with E-state index in [1.807, 2.05) is 29.9 Å². The number of rotatable bonds is 6. The molecule has 1 N–H and O–H groups in total. The molecular weight excluding hydrogens is 202 g/mol. The van der Waals surface area contributed by atoms with Gasteiger partial charge in [0.15, 0.2) is 0 Å². The van der Waals surface area contributed by atoms with Crippen molar-refractivity contribution in [2.45, 2.75) is 26.9 Å². The van der Waals surface area contributed by atoms with Gasteiger partial charge < -0.3 is 10.2 Å². The Morgan fingerprint density at radius 2 is 2.31 bits per heavy atom. The highest BCUT2D eigenvalue weighted by atomic mass is 15.4. The van der Waals surface area contributed by atoms with Crippen LogP contribution < -0.4 is 5.32 Å². The van der Waals surface area contributed by atoms with Crippen molar-refractivity contribution in [1.82, 2.24) is 25.2 Å². The molecule has 0 aliphatic carbocycles. The van der Waals surface area contributed by atoms with Crippen LogP contribution in [-0.2, 0) is 13.1 Å². The summed E-state index contributed by atoms with van der Waals surface area (Å²) in [5, 5.41) is 11.4. The van der Waals surface area contributed by atoms with Crippen LogP contribution in [0.4, 0.5) is 0 Å². The third-order valence-corrected chi connectivity index (χ3v) is 2.10. The zero-order chi connectivity index (χ0) is 12.0. The molecule has 0 unspecified atom stereocenters. The van der Waals surface area contributed by atoms with Crippen molar-refractivity contribution in [2.24, 2.45) is 0 Å². The minimum Gasteiger partial charge on any atom is -0.383 e. The predicted molar refractivity (Wildman–Crippen MR) is 64.8 cm³/mol. The monoisotopic (exact) mass is 223 g/mol. The maximum Gasteiger partial charge on any atom is 0.0964 e. The van der Waals surface area contributed by atoms with Crippen LogP contribution in [0.3, 0.4) is 0 Å². The minimum absolute atomic E-state index is 0.763. The van der Waals surface area contributed by atoms with E-state index in [2.05, 4.69) is 35.7 Å². The smallest absolute Gasteiger partial charge is 0.0964 e. The van der Waals surface area contributed by atoms with Crippen LogP contribution in [0.1, 0.15) is 19.5 Å². The number of nitrogens with zero attached hydrogens (tertiary/aromatic N) is 4. The Hall–Kier alpha value is -1.36. The van der Waals surface area contributed by atoms with E-state index in [9.17, 15) is 0 Å². The van der Waals surface area contributed by atoms with Crippen LogP contribution in [0.5, 0.6) is 0 Å². The van der Waals surface area contributed by atoms with Gasteiger partial charge in [0.1, 0.15) is 0 Å². The first-order valence-corrected chi connectivity index (χ1v) is 5.55. The number of aryl methyl sites for hydroxylation is 1. The third-order valence-electron chi connectivity index (χ3n) is 2.10. The second-order valence-electron chi connectivity index (χ2n) is 4.11. The molecule has 1 aromatic heterocycles. The van der Waals surface area contributed by atoms with Crippen LogP contribution in [-0.4, -0.2) is 40.5 Å². The Bertz CT molecular complexity index is 340. The third kappa shape index (κ3) is 4.44. The van der Waals surface area contributed by atoms with Gasteiger partial charge in [0.2, 0.25) is 0 Å². The SMILES string of the molecule is CCn1cc(CNC/C(C)=C/N(C)C)nn1. The van der Waals surface area contributed by atoms with Gasteiger partial charge in [0.25, 0.3) is 0 Å². The lowest BCUT2D eigenvalue weighted by molar-refractivity contribution is 0.553. The van der Waals surface area contributed by atoms with E-state index >= 15 is 0 Å². The fourth-order valence-electron chi connectivity index (χ4n) is 1.45. The number of nitrogens with one attached hydrogen (secondary N) is 1. The van der Waals surface area contributed by atoms with Gasteiger partial charge in [-0.1, -0.05) is 5.21 Å². The van der Waals surface area contributed by atoms with Crippen LogP contribution in [0.2, 0.25) is 0 Å². The molecule has 0 atom stereocenters. The van der Waals surface area contributed by atoms with Gasteiger partial charge >= 0.3 is 0 Å². The van der Waals surface area contributed by atoms with E-state index in [4.69, 9.17) is 0 Å². The lowest BCUT2D eigenvalue weighted by atomic mass is 10.3. The highest BCUT2D eigenvalue weighted by molar-refractivity contribution is 5.00. The molecule has 16 heavy (non-hydrogen) atoms. The lowest BCUT2D eigenvalue weighted by Gasteiger charge is -2.08. The summed E-state index contributed by atoms with van der Waals surface area (Å²) in [7, 11) is 4.05. The molecule has 5 heteroatoms. The first-order valence-electron chi connectivity index (χ1n) is 5.55. The van der Waals surface area contributed by atoms with Gasteiger partial charge in [0, 0.05) is 39.9 Å². The summed E-state index contributed by atoms with van der Waals surface area (Å²) in [6.45, 7) is 6.66. The highest BCUT2D eigenvalue weighted by Crippen LogP contribution is 1.95. The van der Waals surface area contributed by atoms with Crippen LogP contribution in [0, 0.1) is 0 Å². The van der Waals surface area contributed by atoms with Gasteiger partial charge in [-0.05, 0) is 25.6 Å². The molecule has 0 aromatic carbocycles. The first-order chi connectivity index (χ1) is 7.61. The maximum absolute atomic E-state index is 4.07. The van der Waals surface area contributed by atoms with Crippen molar-refractivity contribution in [2.75, 3.05) is 20.6 Å². The summed E-state index contributed by atoms with van der Waals surface area (Å²) < 4.78 is 1.83. The average molecular weight is 223 g/mol. The lowest BCUT2D eigenvalue weighted by Crippen LogP contribution is -2.17. The number of hydrogen-bond donors (Lipinski definition) is 1. The number of aromatic nitrogens is 3. The summed E-state index contributed by atoms with van der Waals surface area (Å²) in [5.41, 5.74) is 2.28. The molecule has 0 bridgehead atoms. The normalized spacial score (nSPS) is 11.9. The molecule has 0 radical (unpaired) electrons. The Morgan fingerprint density at radius 1 is 1.56 bits per heavy atom. The Balaban J connectivity index is 2.30. The summed E-state index contributed by atoms with van der Waals surface area (Å²) in [5.74, 6) is 0. The molecule has 1 heterocycles. The summed E-state index contributed by atoms with van der Waals surface area (Å²) in [6.07, 6.45) is 4.08. The summed E-state index contributed by atoms with van der Waals surface area (Å²) >= 11 is 0. The molecule has 0 saturated carbocycles. The van der Waals surface area contributed by atoms with Gasteiger partial charge in [-0.15, -0.1) is 5.10 Å². The van der Waals surface area contributed by atoms with E-state index in [0.717, 1.165) is 25.3 Å². The molecular formula is C11H21N5. The fourth-order valence-corrected chi connectivity index (χ4v) is 1.45. The molecule has 0 fully saturated rings. The Labute approximate surface area is 97.1 Å². The number of hydrogen-bond acceptors (Lipinski definition) is 4. The average Bonchev–Trinajstić information content (AvgIpc) is 2.64. The largest absolute Gasteiger partial charge is 0.383 e. The van der Waals surface area contributed by atoms with E-state index in [-0.39, 0.29) is 0 Å². The van der Waals surface area contributed by atoms with E-state index in [1.165, 1.54) is 5.57 Å². The van der Waals surface area contributed by atoms with Gasteiger partial charge in [-0.2, -0.15) is 0 Å². The zero-order valence-electron chi connectivity index (χ0n) is 10.6. The molecule has 0 aliphatic rings. The molecule has 90 valence electrons. The molecule has 0 aliphatic heterocycles. The van der Waals surface area contributed by atoms with Crippen LogP contribution >= 0.6 is 0 Å². The molecule has 1 aromatic rings. The fraction of sp³-hybridized carbons (Fsp3) is 0.636. The summed E-state index contributed by atoms with van der Waals surface area (Å²) in [6, 6.07) is 0. The van der Waals surface area contributed by atoms with Crippen molar-refractivity contribution in [3.05, 3.63) is 23.7 Å². The van der Waals surface area contributed by atoms with Crippen LogP contribution in [0.15, 0.2) is 18.0 Å². The van der Waals surface area contributed by atoms with Crippen molar-refractivity contribution in [1.29, 1.82) is 0 Å². The highest BCUT2D eigenvalue weighted by Gasteiger charge is 1.98. The molecule has 0 saturated heterocycles. The molecule has 0 spiro atoms. The van der Waals surface area contributed by atoms with Crippen molar-refractivity contribution < 1.29 is 0 Å². The van der Waals surface area contributed by atoms with Gasteiger partial charge in [-0.25, -0.2) is 0 Å². The topological polar surface area (TPSA) is 46.0 Å². The predicted octanol–water partition coefficient (Wildman–Crippen LogP) is 0.853. The van der Waals surface area contributed by atoms with E-state index in [1.54, 1.807) is 0 Å². The first kappa shape index (κ1) is 12.7. The minimum atomic E-state index is 0.763. The molecule has 5 nitrogen and oxygen atoms in total. The standard InChI is InChI=1S/C11H21N5/c1-5-16-9-11(13-14-16)7-12-6-10(2)8-15(3)4/h8-9,12H,5-7H2,1-4H3/b10-8+. The Morgan fingerprint density at radius 3 is 2.88 bits per heavy atom. The molecule has 1 rings (SSSR count). The van der Waals surface area contributed by atoms with Crippen molar-refractivity contribution >= 4 is 0 Å². The quantitative estimate of drug-likeness (QED) is 0.777. The summed E-state index contributed by atoms with van der Waals surface area (Å²) in [4.78, 5) is 2.05. The Kier molecular flexibility index (Phi) is 4.98. The maximum atomic E-state index is 4.07. The zero-order valence-corrected chi connectivity index (χ0v) is 10.6. The second kappa shape index (κ2) is 6.27.